The molecule has 3 N–H and O–H groups in total. The minimum absolute atomic E-state index is 0.0891. The quantitative estimate of drug-likeness (QED) is 0.670. The van der Waals surface area contributed by atoms with Crippen molar-refractivity contribution in [3.63, 3.8) is 0 Å². The lowest BCUT2D eigenvalue weighted by molar-refractivity contribution is -0.919. The topological polar surface area (TPSA) is 84.9 Å². The molecule has 1 aliphatic heterocycles. The number of quaternary nitrogens is 1. The number of H-pyrrole nitrogens is 1. The highest BCUT2D eigenvalue weighted by molar-refractivity contribution is 6.11. The monoisotopic (exact) mass is 400 g/mol. The standard InChI is InChI=1S/C22H29N3O4/c1-21(2)11-22(3)9-16(21)25(12-22)10-17(26)24-18-14-7-6-13(28-4)8-15(14)23-19(18)20(27)29-5/h6-8,16,23H,9-12H2,1-5H3,(H,24,26)/p+1/t16-,22+/m1/s1. The van der Waals surface area contributed by atoms with Crippen LogP contribution in [0.15, 0.2) is 18.2 Å². The van der Waals surface area contributed by atoms with Crippen molar-refractivity contribution in [2.24, 2.45) is 10.8 Å². The number of anilines is 1. The van der Waals surface area contributed by atoms with Gasteiger partial charge in [-0.25, -0.2) is 4.79 Å². The number of nitrogens with one attached hydrogen (secondary N) is 3. The number of hydrogen-bond donors (Lipinski definition) is 3. The molecule has 29 heavy (non-hydrogen) atoms. The first-order valence-electron chi connectivity index (χ1n) is 10.1. The minimum atomic E-state index is -0.517. The number of methoxy groups -OCH3 is 2. The Kier molecular flexibility index (Phi) is 4.61. The molecular formula is C22H30N3O4+. The number of amides is 1. The number of rotatable bonds is 5. The fraction of sp³-hybridized carbons (Fsp3) is 0.545. The zero-order valence-electron chi connectivity index (χ0n) is 17.8. The zero-order chi connectivity index (χ0) is 21.0. The lowest BCUT2D eigenvalue weighted by Crippen LogP contribution is -3.17. The third-order valence-electron chi connectivity index (χ3n) is 6.72. The van der Waals surface area contributed by atoms with Crippen molar-refractivity contribution < 1.29 is 24.0 Å². The molecule has 1 unspecified atom stereocenters. The maximum absolute atomic E-state index is 13.0. The van der Waals surface area contributed by atoms with Gasteiger partial charge in [0.05, 0.1) is 38.0 Å². The van der Waals surface area contributed by atoms with E-state index < -0.39 is 5.97 Å². The number of fused-ring (bicyclic) bond motifs is 3. The third kappa shape index (κ3) is 3.37. The Bertz CT molecular complexity index is 977. The number of carbonyl (C=O) groups is 2. The van der Waals surface area contributed by atoms with Gasteiger partial charge in [-0.15, -0.1) is 0 Å². The molecule has 3 atom stereocenters. The van der Waals surface area contributed by atoms with E-state index in [0.29, 0.717) is 35.0 Å². The Balaban J connectivity index is 1.59. The van der Waals surface area contributed by atoms with E-state index in [9.17, 15) is 9.59 Å². The summed E-state index contributed by atoms with van der Waals surface area (Å²) in [6.07, 6.45) is 2.38. The largest absolute Gasteiger partial charge is 0.497 e. The average molecular weight is 400 g/mol. The minimum Gasteiger partial charge on any atom is -0.497 e. The molecule has 156 valence electrons. The summed E-state index contributed by atoms with van der Waals surface area (Å²) in [6, 6.07) is 5.93. The fourth-order valence-electron chi connectivity index (χ4n) is 5.83. The summed E-state index contributed by atoms with van der Waals surface area (Å²) in [5.41, 5.74) is 1.99. The van der Waals surface area contributed by atoms with Crippen LogP contribution in [0.5, 0.6) is 5.75 Å². The van der Waals surface area contributed by atoms with Crippen molar-refractivity contribution in [2.75, 3.05) is 32.6 Å². The van der Waals surface area contributed by atoms with Gasteiger partial charge < -0.3 is 24.7 Å². The third-order valence-corrected chi connectivity index (χ3v) is 6.72. The molecule has 2 fully saturated rings. The average Bonchev–Trinajstić information content (AvgIpc) is 3.25. The van der Waals surface area contributed by atoms with E-state index in [2.05, 4.69) is 31.1 Å². The maximum atomic E-state index is 13.0. The molecule has 1 aromatic carbocycles. The molecule has 1 aromatic heterocycles. The number of likely N-dealkylation sites (tertiary alicyclic amines) is 1. The summed E-state index contributed by atoms with van der Waals surface area (Å²) >= 11 is 0. The van der Waals surface area contributed by atoms with Crippen molar-refractivity contribution >= 4 is 28.5 Å². The van der Waals surface area contributed by atoms with Gasteiger partial charge in [0.2, 0.25) is 0 Å². The van der Waals surface area contributed by atoms with E-state index in [1.807, 2.05) is 6.07 Å². The molecule has 1 saturated carbocycles. The van der Waals surface area contributed by atoms with Crippen molar-refractivity contribution in [3.8, 4) is 5.75 Å². The number of carbonyl (C=O) groups excluding carboxylic acids is 2. The first kappa shape index (κ1) is 19.8. The predicted octanol–water partition coefficient (Wildman–Crippen LogP) is 1.99. The van der Waals surface area contributed by atoms with Crippen LogP contribution in [0.4, 0.5) is 5.69 Å². The van der Waals surface area contributed by atoms with Crippen molar-refractivity contribution in [2.45, 2.75) is 39.7 Å². The van der Waals surface area contributed by atoms with Gasteiger partial charge in [0, 0.05) is 28.7 Å². The Morgan fingerprint density at radius 3 is 2.66 bits per heavy atom. The summed E-state index contributed by atoms with van der Waals surface area (Å²) in [5, 5.41) is 3.73. The normalized spacial score (nSPS) is 27.2. The van der Waals surface area contributed by atoms with Crippen LogP contribution >= 0.6 is 0 Å². The summed E-state index contributed by atoms with van der Waals surface area (Å²) < 4.78 is 10.2. The molecule has 2 bridgehead atoms. The van der Waals surface area contributed by atoms with E-state index in [1.165, 1.54) is 24.9 Å². The van der Waals surface area contributed by atoms with Gasteiger partial charge in [-0.1, -0.05) is 20.8 Å². The first-order valence-corrected chi connectivity index (χ1v) is 10.1. The highest BCUT2D eigenvalue weighted by Gasteiger charge is 2.59. The Labute approximate surface area is 170 Å². The van der Waals surface area contributed by atoms with Gasteiger partial charge in [-0.2, -0.15) is 0 Å². The molecular weight excluding hydrogens is 370 g/mol. The van der Waals surface area contributed by atoms with Crippen LogP contribution in [-0.4, -0.2) is 50.2 Å². The van der Waals surface area contributed by atoms with Gasteiger partial charge in [-0.05, 0) is 18.6 Å². The first-order chi connectivity index (χ1) is 13.7. The van der Waals surface area contributed by atoms with Crippen LogP contribution in [0, 0.1) is 10.8 Å². The summed E-state index contributed by atoms with van der Waals surface area (Å²) in [7, 11) is 2.91. The number of ether oxygens (including phenoxy) is 2. The second-order valence-electron chi connectivity index (χ2n) is 9.57. The van der Waals surface area contributed by atoms with Crippen LogP contribution < -0.4 is 15.0 Å². The lowest BCUT2D eigenvalue weighted by Gasteiger charge is -2.37. The van der Waals surface area contributed by atoms with E-state index in [4.69, 9.17) is 9.47 Å². The van der Waals surface area contributed by atoms with Crippen LogP contribution in [0.3, 0.4) is 0 Å². The molecule has 7 nitrogen and oxygen atoms in total. The molecule has 1 saturated heterocycles. The molecule has 1 amide bonds. The Morgan fingerprint density at radius 2 is 2.03 bits per heavy atom. The van der Waals surface area contributed by atoms with Crippen LogP contribution in [0.1, 0.15) is 44.1 Å². The molecule has 1 aliphatic carbocycles. The number of benzene rings is 1. The van der Waals surface area contributed by atoms with Crippen LogP contribution in [-0.2, 0) is 9.53 Å². The number of hydrogen-bond acceptors (Lipinski definition) is 4. The SMILES string of the molecule is COC(=O)c1[nH]c2cc(OC)ccc2c1NC(=O)C[NH+]1C[C@@]2(C)C[C@@H]1C(C)(C)C2. The number of esters is 1. The van der Waals surface area contributed by atoms with Gasteiger partial charge in [0.25, 0.3) is 5.91 Å². The highest BCUT2D eigenvalue weighted by atomic mass is 16.5. The van der Waals surface area contributed by atoms with E-state index >= 15 is 0 Å². The molecule has 7 heteroatoms. The Hall–Kier alpha value is -2.54. The van der Waals surface area contributed by atoms with E-state index in [1.54, 1.807) is 19.2 Å². The molecule has 2 aliphatic rings. The molecule has 0 spiro atoms. The maximum Gasteiger partial charge on any atom is 0.356 e. The van der Waals surface area contributed by atoms with Gasteiger partial charge >= 0.3 is 5.97 Å². The summed E-state index contributed by atoms with van der Waals surface area (Å²) in [5.74, 6) is 0.0616. The van der Waals surface area contributed by atoms with Gasteiger partial charge in [-0.3, -0.25) is 4.79 Å². The zero-order valence-corrected chi connectivity index (χ0v) is 17.8. The van der Waals surface area contributed by atoms with Crippen molar-refractivity contribution in [1.29, 1.82) is 0 Å². The van der Waals surface area contributed by atoms with Crippen LogP contribution in [0.25, 0.3) is 10.9 Å². The molecule has 2 heterocycles. The number of aromatic nitrogens is 1. The molecule has 4 rings (SSSR count). The molecule has 0 radical (unpaired) electrons. The fourth-order valence-corrected chi connectivity index (χ4v) is 5.83. The van der Waals surface area contributed by atoms with E-state index in [-0.39, 0.29) is 17.0 Å². The van der Waals surface area contributed by atoms with Crippen molar-refractivity contribution in [3.05, 3.63) is 23.9 Å². The van der Waals surface area contributed by atoms with Crippen molar-refractivity contribution in [1.82, 2.24) is 4.98 Å². The number of aromatic amines is 1. The second kappa shape index (κ2) is 6.76. The lowest BCUT2D eigenvalue weighted by atomic mass is 9.79. The number of piperidine rings is 1. The van der Waals surface area contributed by atoms with Gasteiger partial charge in [0.15, 0.2) is 6.54 Å². The smallest absolute Gasteiger partial charge is 0.356 e. The molecule has 2 aromatic rings. The second-order valence-corrected chi connectivity index (χ2v) is 9.57. The predicted molar refractivity (Wildman–Crippen MR) is 110 cm³/mol. The van der Waals surface area contributed by atoms with Gasteiger partial charge in [0.1, 0.15) is 11.4 Å². The summed E-state index contributed by atoms with van der Waals surface area (Å²) in [4.78, 5) is 29.6. The Morgan fingerprint density at radius 1 is 1.28 bits per heavy atom. The van der Waals surface area contributed by atoms with Crippen LogP contribution in [0.2, 0.25) is 0 Å². The summed E-state index contributed by atoms with van der Waals surface area (Å²) in [6.45, 7) is 8.36. The van der Waals surface area contributed by atoms with E-state index in [0.717, 1.165) is 11.9 Å². The highest BCUT2D eigenvalue weighted by Crippen LogP contribution is 2.50.